The molecular weight excluding hydrogens is 324 g/mol. The van der Waals surface area contributed by atoms with E-state index in [-0.39, 0.29) is 0 Å². The lowest BCUT2D eigenvalue weighted by Gasteiger charge is -2.34. The second kappa shape index (κ2) is 8.07. The summed E-state index contributed by atoms with van der Waals surface area (Å²) < 4.78 is 5.87. The van der Waals surface area contributed by atoms with Crippen molar-refractivity contribution in [2.45, 2.75) is 76.3 Å². The van der Waals surface area contributed by atoms with Crippen molar-refractivity contribution in [1.29, 1.82) is 0 Å². The van der Waals surface area contributed by atoms with Crippen LogP contribution in [0.2, 0.25) is 0 Å². The van der Waals surface area contributed by atoms with Gasteiger partial charge in [0.25, 0.3) is 0 Å². The van der Waals surface area contributed by atoms with Crippen molar-refractivity contribution in [3.05, 3.63) is 42.4 Å². The zero-order valence-corrected chi connectivity index (χ0v) is 15.4. The van der Waals surface area contributed by atoms with Crippen molar-refractivity contribution in [2.24, 2.45) is 0 Å². The summed E-state index contributed by atoms with van der Waals surface area (Å²) in [5, 5.41) is 0. The average molecular weight is 352 g/mol. The highest BCUT2D eigenvalue weighted by Crippen LogP contribution is 2.32. The van der Waals surface area contributed by atoms with Crippen molar-refractivity contribution < 1.29 is 9.21 Å². The van der Waals surface area contributed by atoms with E-state index in [0.717, 1.165) is 11.3 Å². The van der Waals surface area contributed by atoms with Gasteiger partial charge in [0.2, 0.25) is 5.91 Å². The molecule has 0 unspecified atom stereocenters. The molecule has 0 atom stereocenters. The van der Waals surface area contributed by atoms with Gasteiger partial charge in [-0.1, -0.05) is 56.0 Å². The van der Waals surface area contributed by atoms with Crippen LogP contribution in [0.15, 0.2) is 40.9 Å². The van der Waals surface area contributed by atoms with E-state index in [1.807, 2.05) is 30.3 Å². The van der Waals surface area contributed by atoms with E-state index in [1.165, 1.54) is 51.4 Å². The topological polar surface area (TPSA) is 46.3 Å². The summed E-state index contributed by atoms with van der Waals surface area (Å²) in [5.41, 5.74) is 1.02. The highest BCUT2D eigenvalue weighted by Gasteiger charge is 2.33. The minimum absolute atomic E-state index is 0.295. The molecule has 1 aromatic carbocycles. The Morgan fingerprint density at radius 1 is 1.00 bits per heavy atom. The first-order valence-corrected chi connectivity index (χ1v) is 10.1. The Balaban J connectivity index is 1.39. The third-order valence-corrected chi connectivity index (χ3v) is 5.89. The highest BCUT2D eigenvalue weighted by molar-refractivity contribution is 5.77. The smallest absolute Gasteiger partial charge is 0.223 e. The van der Waals surface area contributed by atoms with Crippen LogP contribution in [-0.4, -0.2) is 27.9 Å². The lowest BCUT2D eigenvalue weighted by molar-refractivity contribution is -0.136. The van der Waals surface area contributed by atoms with Gasteiger partial charge in [-0.25, -0.2) is 4.98 Å². The van der Waals surface area contributed by atoms with Crippen LogP contribution < -0.4 is 0 Å². The van der Waals surface area contributed by atoms with Crippen LogP contribution in [0.5, 0.6) is 0 Å². The van der Waals surface area contributed by atoms with Gasteiger partial charge in [0.1, 0.15) is 0 Å². The van der Waals surface area contributed by atoms with E-state index >= 15 is 0 Å². The summed E-state index contributed by atoms with van der Waals surface area (Å²) in [6, 6.07) is 10.9. The standard InChI is InChI=1S/C22H28N2O2/c25-22(24(18-10-4-5-11-18)19-12-6-7-13-19)15-14-21-23-16-20(26-21)17-8-2-1-3-9-17/h1-3,8-9,16,18-19H,4-7,10-15H2. The molecule has 2 fully saturated rings. The van der Waals surface area contributed by atoms with Gasteiger partial charge in [0.05, 0.1) is 6.20 Å². The maximum absolute atomic E-state index is 13.0. The number of hydrogen-bond acceptors (Lipinski definition) is 3. The predicted octanol–water partition coefficient (Wildman–Crippen LogP) is 4.99. The Bertz CT molecular complexity index is 697. The van der Waals surface area contributed by atoms with Gasteiger partial charge >= 0.3 is 0 Å². The summed E-state index contributed by atoms with van der Waals surface area (Å²) in [6.07, 6.45) is 12.6. The first-order chi connectivity index (χ1) is 12.8. The molecule has 0 N–H and O–H groups in total. The van der Waals surface area contributed by atoms with E-state index in [1.54, 1.807) is 6.20 Å². The Morgan fingerprint density at radius 3 is 2.23 bits per heavy atom. The number of nitrogens with zero attached hydrogens (tertiary/aromatic N) is 2. The summed E-state index contributed by atoms with van der Waals surface area (Å²) >= 11 is 0. The molecular formula is C22H28N2O2. The molecule has 0 radical (unpaired) electrons. The van der Waals surface area contributed by atoms with Crippen LogP contribution in [0.25, 0.3) is 11.3 Å². The van der Waals surface area contributed by atoms with E-state index in [9.17, 15) is 4.79 Å². The van der Waals surface area contributed by atoms with E-state index in [4.69, 9.17) is 4.42 Å². The van der Waals surface area contributed by atoms with Crippen molar-refractivity contribution >= 4 is 5.91 Å². The fourth-order valence-corrected chi connectivity index (χ4v) is 4.57. The van der Waals surface area contributed by atoms with Crippen LogP contribution in [0.4, 0.5) is 0 Å². The van der Waals surface area contributed by atoms with Crippen molar-refractivity contribution in [1.82, 2.24) is 9.88 Å². The van der Waals surface area contributed by atoms with Gasteiger partial charge < -0.3 is 9.32 Å². The molecule has 1 heterocycles. The first-order valence-electron chi connectivity index (χ1n) is 10.1. The fourth-order valence-electron chi connectivity index (χ4n) is 4.57. The predicted molar refractivity (Wildman–Crippen MR) is 102 cm³/mol. The number of aryl methyl sites for hydroxylation is 1. The second-order valence-electron chi connectivity index (χ2n) is 7.66. The van der Waals surface area contributed by atoms with Crippen molar-refractivity contribution in [2.75, 3.05) is 0 Å². The quantitative estimate of drug-likeness (QED) is 0.736. The molecule has 0 bridgehead atoms. The van der Waals surface area contributed by atoms with Gasteiger partial charge in [-0.2, -0.15) is 0 Å². The van der Waals surface area contributed by atoms with Crippen LogP contribution in [0.1, 0.15) is 63.7 Å². The molecule has 4 nitrogen and oxygen atoms in total. The second-order valence-corrected chi connectivity index (χ2v) is 7.66. The van der Waals surface area contributed by atoms with Crippen LogP contribution in [0.3, 0.4) is 0 Å². The normalized spacial score (nSPS) is 18.5. The number of carbonyl (C=O) groups excluding carboxylic acids is 1. The Morgan fingerprint density at radius 2 is 1.62 bits per heavy atom. The lowest BCUT2D eigenvalue weighted by atomic mass is 10.1. The monoisotopic (exact) mass is 352 g/mol. The number of amides is 1. The first kappa shape index (κ1) is 17.3. The number of rotatable bonds is 6. The zero-order valence-electron chi connectivity index (χ0n) is 15.4. The minimum Gasteiger partial charge on any atom is -0.441 e. The van der Waals surface area contributed by atoms with Gasteiger partial charge in [-0.3, -0.25) is 4.79 Å². The van der Waals surface area contributed by atoms with Gasteiger partial charge in [-0.15, -0.1) is 0 Å². The molecule has 1 aromatic heterocycles. The number of hydrogen-bond donors (Lipinski definition) is 0. The Kier molecular flexibility index (Phi) is 5.37. The maximum Gasteiger partial charge on any atom is 0.223 e. The average Bonchev–Trinajstić information content (AvgIpc) is 3.44. The molecule has 2 aromatic rings. The fraction of sp³-hybridized carbons (Fsp3) is 0.545. The third kappa shape index (κ3) is 3.84. The van der Waals surface area contributed by atoms with E-state index in [0.29, 0.717) is 36.7 Å². The highest BCUT2D eigenvalue weighted by atomic mass is 16.4. The van der Waals surface area contributed by atoms with Crippen LogP contribution in [0, 0.1) is 0 Å². The Labute approximate surface area is 155 Å². The van der Waals surface area contributed by atoms with Gasteiger partial charge in [0.15, 0.2) is 11.7 Å². The molecule has 2 aliphatic rings. The molecule has 2 saturated carbocycles. The molecule has 2 aliphatic carbocycles. The zero-order chi connectivity index (χ0) is 17.8. The van der Waals surface area contributed by atoms with E-state index < -0.39 is 0 Å². The largest absolute Gasteiger partial charge is 0.441 e. The summed E-state index contributed by atoms with van der Waals surface area (Å²) in [4.78, 5) is 19.7. The number of benzene rings is 1. The number of oxazole rings is 1. The van der Waals surface area contributed by atoms with Gasteiger partial charge in [-0.05, 0) is 25.7 Å². The SMILES string of the molecule is O=C(CCc1ncc(-c2ccccc2)o1)N(C1CCCC1)C1CCCC1. The third-order valence-electron chi connectivity index (χ3n) is 5.89. The molecule has 4 rings (SSSR count). The molecule has 0 spiro atoms. The number of carbonyl (C=O) groups is 1. The minimum atomic E-state index is 0.295. The molecule has 138 valence electrons. The van der Waals surface area contributed by atoms with Crippen molar-refractivity contribution in [3.63, 3.8) is 0 Å². The molecule has 0 saturated heterocycles. The molecule has 26 heavy (non-hydrogen) atoms. The molecule has 1 amide bonds. The van der Waals surface area contributed by atoms with Crippen molar-refractivity contribution in [3.8, 4) is 11.3 Å². The summed E-state index contributed by atoms with van der Waals surface area (Å²) in [5.74, 6) is 1.73. The Hall–Kier alpha value is -2.10. The maximum atomic E-state index is 13.0. The summed E-state index contributed by atoms with van der Waals surface area (Å²) in [6.45, 7) is 0. The number of aromatic nitrogens is 1. The summed E-state index contributed by atoms with van der Waals surface area (Å²) in [7, 11) is 0. The molecule has 0 aliphatic heterocycles. The van der Waals surface area contributed by atoms with Crippen LogP contribution >= 0.6 is 0 Å². The lowest BCUT2D eigenvalue weighted by Crippen LogP contribution is -2.45. The van der Waals surface area contributed by atoms with Gasteiger partial charge in [0, 0.05) is 30.5 Å². The van der Waals surface area contributed by atoms with E-state index in [2.05, 4.69) is 9.88 Å². The molecule has 4 heteroatoms. The van der Waals surface area contributed by atoms with Crippen LogP contribution in [-0.2, 0) is 11.2 Å².